The van der Waals surface area contributed by atoms with Crippen LogP contribution in [-0.2, 0) is 9.53 Å². The Bertz CT molecular complexity index is 417. The van der Waals surface area contributed by atoms with E-state index in [4.69, 9.17) is 4.74 Å². The van der Waals surface area contributed by atoms with Gasteiger partial charge >= 0.3 is 5.97 Å². The average molecular weight is 246 g/mol. The number of benzene rings is 1. The molecule has 0 unspecified atom stereocenters. The lowest BCUT2D eigenvalue weighted by atomic mass is 9.95. The fraction of sp³-hybridized carbons (Fsp3) is 0.400. The summed E-state index contributed by atoms with van der Waals surface area (Å²) in [5.74, 6) is -0.359. The molecule has 3 nitrogen and oxygen atoms in total. The predicted octanol–water partition coefficient (Wildman–Crippen LogP) is 2.55. The van der Waals surface area contributed by atoms with E-state index in [1.54, 1.807) is 0 Å². The minimum absolute atomic E-state index is 0.0821. The lowest BCUT2D eigenvalue weighted by Gasteiger charge is -2.25. The maximum absolute atomic E-state index is 11.9. The van der Waals surface area contributed by atoms with E-state index in [2.05, 4.69) is 6.58 Å². The van der Waals surface area contributed by atoms with E-state index in [-0.39, 0.29) is 18.2 Å². The Morgan fingerprint density at radius 2 is 1.78 bits per heavy atom. The number of carbonyl (C=O) groups is 1. The van der Waals surface area contributed by atoms with Crippen molar-refractivity contribution >= 4 is 11.5 Å². The Labute approximate surface area is 107 Å². The minimum atomic E-state index is -0.359. The van der Waals surface area contributed by atoms with Crippen LogP contribution in [0.5, 0.6) is 0 Å². The fourth-order valence-corrected chi connectivity index (χ4v) is 2.14. The van der Waals surface area contributed by atoms with Gasteiger partial charge in [0.05, 0.1) is 11.7 Å². The minimum Gasteiger partial charge on any atom is -0.459 e. The zero-order chi connectivity index (χ0) is 13.0. The summed E-state index contributed by atoms with van der Waals surface area (Å²) in [6.45, 7) is 3.78. The van der Waals surface area contributed by atoms with Crippen LogP contribution >= 0.6 is 0 Å². The van der Waals surface area contributed by atoms with Crippen LogP contribution in [0.4, 0.5) is 0 Å². The molecule has 96 valence electrons. The second-order valence-electron chi connectivity index (χ2n) is 4.68. The normalized spacial score (nSPS) is 23.4. The third kappa shape index (κ3) is 3.20. The average Bonchev–Trinajstić information content (AvgIpc) is 2.41. The van der Waals surface area contributed by atoms with Gasteiger partial charge in [-0.2, -0.15) is 0 Å². The van der Waals surface area contributed by atoms with E-state index in [1.165, 1.54) is 0 Å². The quantitative estimate of drug-likeness (QED) is 0.658. The van der Waals surface area contributed by atoms with E-state index >= 15 is 0 Å². The number of rotatable bonds is 3. The van der Waals surface area contributed by atoms with E-state index in [0.29, 0.717) is 18.4 Å². The molecular weight excluding hydrogens is 228 g/mol. The topological polar surface area (TPSA) is 46.5 Å². The molecule has 18 heavy (non-hydrogen) atoms. The molecule has 0 bridgehead atoms. The van der Waals surface area contributed by atoms with Crippen molar-refractivity contribution in [1.29, 1.82) is 0 Å². The van der Waals surface area contributed by atoms with Crippen LogP contribution in [0.25, 0.3) is 5.57 Å². The molecule has 0 heterocycles. The van der Waals surface area contributed by atoms with Crippen LogP contribution in [0.2, 0.25) is 0 Å². The van der Waals surface area contributed by atoms with Gasteiger partial charge < -0.3 is 9.84 Å². The van der Waals surface area contributed by atoms with Gasteiger partial charge in [0.2, 0.25) is 0 Å². The second-order valence-corrected chi connectivity index (χ2v) is 4.68. The fourth-order valence-electron chi connectivity index (χ4n) is 2.14. The van der Waals surface area contributed by atoms with Crippen molar-refractivity contribution in [3.63, 3.8) is 0 Å². The Kier molecular flexibility index (Phi) is 4.15. The summed E-state index contributed by atoms with van der Waals surface area (Å²) < 4.78 is 5.41. The van der Waals surface area contributed by atoms with E-state index < -0.39 is 0 Å². The molecule has 1 aliphatic carbocycles. The zero-order valence-electron chi connectivity index (χ0n) is 10.3. The Morgan fingerprint density at radius 3 is 2.39 bits per heavy atom. The maximum atomic E-state index is 11.9. The molecule has 1 saturated carbocycles. The number of carbonyl (C=O) groups excluding carboxylic acids is 1. The molecule has 0 saturated heterocycles. The molecular formula is C15H18O3. The lowest BCUT2D eigenvalue weighted by Crippen LogP contribution is -2.26. The van der Waals surface area contributed by atoms with Crippen molar-refractivity contribution in [2.24, 2.45) is 0 Å². The van der Waals surface area contributed by atoms with Crippen LogP contribution in [-0.4, -0.2) is 23.3 Å². The zero-order valence-corrected chi connectivity index (χ0v) is 10.3. The van der Waals surface area contributed by atoms with E-state index in [0.717, 1.165) is 18.4 Å². The number of hydrogen-bond acceptors (Lipinski definition) is 3. The number of aliphatic hydroxyl groups excluding tert-OH is 1. The smallest absolute Gasteiger partial charge is 0.338 e. The first kappa shape index (κ1) is 12.8. The molecule has 1 aromatic carbocycles. The maximum Gasteiger partial charge on any atom is 0.338 e. The van der Waals surface area contributed by atoms with Crippen molar-refractivity contribution < 1.29 is 14.6 Å². The molecule has 0 spiro atoms. The molecule has 0 amide bonds. The highest BCUT2D eigenvalue weighted by molar-refractivity contribution is 6.15. The van der Waals surface area contributed by atoms with Crippen molar-refractivity contribution in [1.82, 2.24) is 0 Å². The van der Waals surface area contributed by atoms with Gasteiger partial charge in [-0.1, -0.05) is 36.9 Å². The van der Waals surface area contributed by atoms with Gasteiger partial charge in [0.25, 0.3) is 0 Å². The molecule has 1 aliphatic rings. The van der Waals surface area contributed by atoms with Gasteiger partial charge in [-0.25, -0.2) is 4.79 Å². The highest BCUT2D eigenvalue weighted by Crippen LogP contribution is 2.23. The Balaban J connectivity index is 1.90. The third-order valence-electron chi connectivity index (χ3n) is 3.29. The summed E-state index contributed by atoms with van der Waals surface area (Å²) in [6.07, 6.45) is 2.55. The molecule has 0 aliphatic heterocycles. The van der Waals surface area contributed by atoms with Gasteiger partial charge in [0.1, 0.15) is 6.10 Å². The first-order chi connectivity index (χ1) is 8.66. The van der Waals surface area contributed by atoms with Crippen LogP contribution in [0.15, 0.2) is 36.9 Å². The molecule has 2 rings (SSSR count). The van der Waals surface area contributed by atoms with Crippen molar-refractivity contribution in [3.8, 4) is 0 Å². The lowest BCUT2D eigenvalue weighted by molar-refractivity contribution is -0.144. The van der Waals surface area contributed by atoms with Gasteiger partial charge in [-0.3, -0.25) is 0 Å². The number of esters is 1. The molecule has 0 atom stereocenters. The highest BCUT2D eigenvalue weighted by Gasteiger charge is 2.23. The predicted molar refractivity (Wildman–Crippen MR) is 69.8 cm³/mol. The molecule has 0 radical (unpaired) electrons. The Morgan fingerprint density at radius 1 is 1.17 bits per heavy atom. The van der Waals surface area contributed by atoms with Gasteiger partial charge in [0, 0.05) is 0 Å². The summed E-state index contributed by atoms with van der Waals surface area (Å²) in [7, 11) is 0. The van der Waals surface area contributed by atoms with Gasteiger partial charge in [-0.15, -0.1) is 0 Å². The Hall–Kier alpha value is -1.61. The van der Waals surface area contributed by atoms with Gasteiger partial charge in [0.15, 0.2) is 0 Å². The van der Waals surface area contributed by atoms with Crippen LogP contribution in [0, 0.1) is 0 Å². The third-order valence-corrected chi connectivity index (χ3v) is 3.29. The SMILES string of the molecule is C=C(C(=O)OC1CCC(O)CC1)c1ccccc1. The molecule has 1 N–H and O–H groups in total. The van der Waals surface area contributed by atoms with Crippen molar-refractivity contribution in [3.05, 3.63) is 42.5 Å². The van der Waals surface area contributed by atoms with E-state index in [1.807, 2.05) is 30.3 Å². The summed E-state index contributed by atoms with van der Waals surface area (Å²) in [5.41, 5.74) is 1.18. The highest BCUT2D eigenvalue weighted by atomic mass is 16.5. The monoisotopic (exact) mass is 246 g/mol. The summed E-state index contributed by atoms with van der Waals surface area (Å²) in [6, 6.07) is 9.31. The number of ether oxygens (including phenoxy) is 1. The first-order valence-electron chi connectivity index (χ1n) is 6.30. The number of hydrogen-bond donors (Lipinski definition) is 1. The summed E-state index contributed by atoms with van der Waals surface area (Å²) >= 11 is 0. The van der Waals surface area contributed by atoms with Crippen molar-refractivity contribution in [2.75, 3.05) is 0 Å². The van der Waals surface area contributed by atoms with Crippen LogP contribution in [0.3, 0.4) is 0 Å². The summed E-state index contributed by atoms with van der Waals surface area (Å²) in [4.78, 5) is 11.9. The molecule has 1 aromatic rings. The second kappa shape index (κ2) is 5.83. The van der Waals surface area contributed by atoms with Crippen LogP contribution < -0.4 is 0 Å². The van der Waals surface area contributed by atoms with E-state index in [9.17, 15) is 9.90 Å². The molecule has 0 aromatic heterocycles. The molecule has 3 heteroatoms. The van der Waals surface area contributed by atoms with Crippen molar-refractivity contribution in [2.45, 2.75) is 37.9 Å². The molecule has 1 fully saturated rings. The summed E-state index contributed by atoms with van der Waals surface area (Å²) in [5, 5.41) is 9.39. The standard InChI is InChI=1S/C15H18O3/c1-11(12-5-3-2-4-6-12)15(17)18-14-9-7-13(16)8-10-14/h2-6,13-14,16H,1,7-10H2. The van der Waals surface area contributed by atoms with Gasteiger partial charge in [-0.05, 0) is 31.2 Å². The largest absolute Gasteiger partial charge is 0.459 e. The first-order valence-corrected chi connectivity index (χ1v) is 6.30. The van der Waals surface area contributed by atoms with Crippen LogP contribution in [0.1, 0.15) is 31.2 Å². The number of aliphatic hydroxyl groups is 1.